The van der Waals surface area contributed by atoms with Crippen molar-refractivity contribution in [2.75, 3.05) is 0 Å². The van der Waals surface area contributed by atoms with Gasteiger partial charge in [0, 0.05) is 10.8 Å². The van der Waals surface area contributed by atoms with E-state index in [-0.39, 0.29) is 5.78 Å². The minimum atomic E-state index is -0.102. The molecule has 4 aromatic rings. The number of hydrogen-bond donors (Lipinski definition) is 0. The van der Waals surface area contributed by atoms with Crippen molar-refractivity contribution < 1.29 is 4.79 Å². The van der Waals surface area contributed by atoms with Gasteiger partial charge in [0.25, 0.3) is 0 Å². The Bertz CT molecular complexity index is 1070. The van der Waals surface area contributed by atoms with E-state index in [1.807, 2.05) is 72.8 Å². The highest BCUT2D eigenvalue weighted by Gasteiger charge is 1.97. The average molecular weight is 336 g/mol. The minimum Gasteiger partial charge on any atom is -0.290 e. The molecule has 0 atom stereocenters. The Hall–Kier alpha value is -3.59. The zero-order chi connectivity index (χ0) is 17.8. The number of allylic oxidation sites excluding steroid dienone is 2. The van der Waals surface area contributed by atoms with Gasteiger partial charge in [-0.2, -0.15) is 0 Å². The van der Waals surface area contributed by atoms with Gasteiger partial charge < -0.3 is 0 Å². The Balaban J connectivity index is 1.49. The zero-order valence-electron chi connectivity index (χ0n) is 14.0. The van der Waals surface area contributed by atoms with Crippen LogP contribution in [-0.4, -0.2) is 15.8 Å². The molecule has 0 fully saturated rings. The number of carbonyl (C=O) groups is 1. The summed E-state index contributed by atoms with van der Waals surface area (Å²) in [7, 11) is 0. The molecule has 0 aliphatic rings. The molecule has 0 bridgehead atoms. The first-order chi connectivity index (χ1) is 12.8. The van der Waals surface area contributed by atoms with Gasteiger partial charge >= 0.3 is 0 Å². The van der Waals surface area contributed by atoms with Crippen LogP contribution in [0.15, 0.2) is 84.9 Å². The molecule has 0 saturated carbocycles. The van der Waals surface area contributed by atoms with Crippen molar-refractivity contribution in [3.05, 3.63) is 96.3 Å². The summed E-state index contributed by atoms with van der Waals surface area (Å²) < 4.78 is 0. The Kier molecular flexibility index (Phi) is 4.35. The van der Waals surface area contributed by atoms with Crippen molar-refractivity contribution >= 4 is 39.7 Å². The van der Waals surface area contributed by atoms with Gasteiger partial charge in [0.1, 0.15) is 0 Å². The van der Waals surface area contributed by atoms with E-state index in [0.29, 0.717) is 0 Å². The molecule has 0 N–H and O–H groups in total. The summed E-state index contributed by atoms with van der Waals surface area (Å²) in [4.78, 5) is 21.1. The molecule has 0 aliphatic carbocycles. The smallest absolute Gasteiger partial charge is 0.178 e. The third-order valence-corrected chi connectivity index (χ3v) is 4.08. The third-order valence-electron chi connectivity index (χ3n) is 4.08. The molecule has 0 saturated heterocycles. The zero-order valence-corrected chi connectivity index (χ0v) is 14.0. The normalized spacial score (nSPS) is 11.7. The molecule has 0 unspecified atom stereocenters. The highest BCUT2D eigenvalue weighted by molar-refractivity contribution is 6.04. The number of aromatic nitrogens is 2. The Morgan fingerprint density at radius 3 is 1.58 bits per heavy atom. The summed E-state index contributed by atoms with van der Waals surface area (Å²) in [6.07, 6.45) is 6.50. The lowest BCUT2D eigenvalue weighted by Gasteiger charge is -1.98. The summed E-state index contributed by atoms with van der Waals surface area (Å²) in [6, 6.07) is 23.6. The van der Waals surface area contributed by atoms with E-state index in [0.717, 1.165) is 33.2 Å². The fraction of sp³-hybridized carbons (Fsp3) is 0. The fourth-order valence-corrected chi connectivity index (χ4v) is 2.74. The highest BCUT2D eigenvalue weighted by atomic mass is 16.1. The van der Waals surface area contributed by atoms with Crippen LogP contribution < -0.4 is 0 Å². The van der Waals surface area contributed by atoms with Crippen LogP contribution in [0.5, 0.6) is 0 Å². The van der Waals surface area contributed by atoms with Crippen LogP contribution >= 0.6 is 0 Å². The Labute approximate surface area is 151 Å². The number of ketones is 1. The molecule has 2 aromatic carbocycles. The molecule has 26 heavy (non-hydrogen) atoms. The molecular weight excluding hydrogens is 320 g/mol. The van der Waals surface area contributed by atoms with Crippen molar-refractivity contribution in [2.24, 2.45) is 0 Å². The molecule has 0 spiro atoms. The molecule has 2 aromatic heterocycles. The number of rotatable bonds is 4. The highest BCUT2D eigenvalue weighted by Crippen LogP contribution is 2.14. The first-order valence-corrected chi connectivity index (χ1v) is 8.40. The fourth-order valence-electron chi connectivity index (χ4n) is 2.74. The molecule has 2 heterocycles. The van der Waals surface area contributed by atoms with Crippen LogP contribution in [0.3, 0.4) is 0 Å². The molecule has 4 rings (SSSR count). The van der Waals surface area contributed by atoms with Gasteiger partial charge in [-0.1, -0.05) is 48.5 Å². The van der Waals surface area contributed by atoms with Gasteiger partial charge in [-0.05, 0) is 48.6 Å². The second kappa shape index (κ2) is 7.11. The van der Waals surface area contributed by atoms with E-state index in [9.17, 15) is 4.79 Å². The van der Waals surface area contributed by atoms with E-state index in [1.165, 1.54) is 12.2 Å². The monoisotopic (exact) mass is 336 g/mol. The first kappa shape index (κ1) is 15.9. The average Bonchev–Trinajstić information content (AvgIpc) is 2.70. The third kappa shape index (κ3) is 3.57. The van der Waals surface area contributed by atoms with Gasteiger partial charge in [0.15, 0.2) is 5.78 Å². The van der Waals surface area contributed by atoms with Gasteiger partial charge in [-0.3, -0.25) is 4.79 Å². The molecule has 3 heteroatoms. The summed E-state index contributed by atoms with van der Waals surface area (Å²) in [6.45, 7) is 0. The van der Waals surface area contributed by atoms with E-state index < -0.39 is 0 Å². The van der Waals surface area contributed by atoms with Crippen LogP contribution in [-0.2, 0) is 4.79 Å². The molecular formula is C23H16N2O. The molecule has 0 aliphatic heterocycles. The maximum Gasteiger partial charge on any atom is 0.178 e. The van der Waals surface area contributed by atoms with Crippen LogP contribution in [0.25, 0.3) is 34.0 Å². The number of hydrogen-bond acceptors (Lipinski definition) is 3. The summed E-state index contributed by atoms with van der Waals surface area (Å²) in [5.41, 5.74) is 3.35. The lowest BCUT2D eigenvalue weighted by molar-refractivity contribution is -0.110. The molecule has 124 valence electrons. The predicted molar refractivity (Wildman–Crippen MR) is 107 cm³/mol. The SMILES string of the molecule is O=C(/C=C/c1ccc2ccccc2n1)/C=C/c1ccc2ccccc2n1. The van der Waals surface area contributed by atoms with Crippen molar-refractivity contribution in [1.82, 2.24) is 9.97 Å². The molecule has 0 radical (unpaired) electrons. The predicted octanol–water partition coefficient (Wildman–Crippen LogP) is 5.08. The largest absolute Gasteiger partial charge is 0.290 e. The number of fused-ring (bicyclic) bond motifs is 2. The molecule has 3 nitrogen and oxygen atoms in total. The lowest BCUT2D eigenvalue weighted by atomic mass is 10.2. The van der Waals surface area contributed by atoms with E-state index in [4.69, 9.17) is 0 Å². The van der Waals surface area contributed by atoms with Gasteiger partial charge in [0.05, 0.1) is 22.4 Å². The maximum atomic E-state index is 12.1. The van der Waals surface area contributed by atoms with Crippen molar-refractivity contribution in [2.45, 2.75) is 0 Å². The second-order valence-electron chi connectivity index (χ2n) is 5.93. The topological polar surface area (TPSA) is 42.9 Å². The molecule has 0 amide bonds. The van der Waals surface area contributed by atoms with Crippen LogP contribution in [0, 0.1) is 0 Å². The van der Waals surface area contributed by atoms with Gasteiger partial charge in [-0.15, -0.1) is 0 Å². The first-order valence-electron chi connectivity index (χ1n) is 8.40. The van der Waals surface area contributed by atoms with E-state index in [1.54, 1.807) is 12.2 Å². The number of pyridine rings is 2. The maximum absolute atomic E-state index is 12.1. The standard InChI is InChI=1S/C23H16N2O/c26-21(15-13-19-11-9-17-5-1-3-7-22(17)24-19)16-14-20-12-10-18-6-2-4-8-23(18)25-20/h1-16H/b15-13+,16-14+. The van der Waals surface area contributed by atoms with Crippen molar-refractivity contribution in [3.63, 3.8) is 0 Å². The number of benzene rings is 2. The lowest BCUT2D eigenvalue weighted by Crippen LogP contribution is -1.88. The van der Waals surface area contributed by atoms with Gasteiger partial charge in [-0.25, -0.2) is 9.97 Å². The van der Waals surface area contributed by atoms with Crippen molar-refractivity contribution in [3.8, 4) is 0 Å². The second-order valence-corrected chi connectivity index (χ2v) is 5.93. The van der Waals surface area contributed by atoms with Gasteiger partial charge in [0.2, 0.25) is 0 Å². The Morgan fingerprint density at radius 1 is 0.615 bits per heavy atom. The van der Waals surface area contributed by atoms with Crippen LogP contribution in [0.4, 0.5) is 0 Å². The summed E-state index contributed by atoms with van der Waals surface area (Å²) in [5, 5.41) is 2.16. The quantitative estimate of drug-likeness (QED) is 0.488. The Morgan fingerprint density at radius 2 is 1.08 bits per heavy atom. The van der Waals surface area contributed by atoms with E-state index >= 15 is 0 Å². The van der Waals surface area contributed by atoms with Crippen LogP contribution in [0.1, 0.15) is 11.4 Å². The van der Waals surface area contributed by atoms with Crippen LogP contribution in [0.2, 0.25) is 0 Å². The number of para-hydroxylation sites is 2. The van der Waals surface area contributed by atoms with E-state index in [2.05, 4.69) is 9.97 Å². The summed E-state index contributed by atoms with van der Waals surface area (Å²) in [5.74, 6) is -0.102. The number of carbonyl (C=O) groups excluding carboxylic acids is 1. The minimum absolute atomic E-state index is 0.102. The van der Waals surface area contributed by atoms with Crippen molar-refractivity contribution in [1.29, 1.82) is 0 Å². The number of nitrogens with zero attached hydrogens (tertiary/aromatic N) is 2. The summed E-state index contributed by atoms with van der Waals surface area (Å²) >= 11 is 0.